The van der Waals surface area contributed by atoms with Crippen LogP contribution in [0.1, 0.15) is 35.1 Å². The van der Waals surface area contributed by atoms with Gasteiger partial charge >= 0.3 is 0 Å². The fourth-order valence-electron chi connectivity index (χ4n) is 2.84. The minimum atomic E-state index is -0.662. The molecule has 0 spiro atoms. The molecule has 3 rings (SSSR count). The molecule has 0 radical (unpaired) electrons. The molecule has 0 fully saturated rings. The first kappa shape index (κ1) is 20.3. The predicted octanol–water partition coefficient (Wildman–Crippen LogP) is 4.03. The molecule has 0 unspecified atom stereocenters. The average Bonchev–Trinajstić information content (AvgIpc) is 2.69. The van der Waals surface area contributed by atoms with Gasteiger partial charge in [0.15, 0.2) is 5.69 Å². The van der Waals surface area contributed by atoms with Gasteiger partial charge in [0, 0.05) is 17.4 Å². The van der Waals surface area contributed by atoms with Crippen LogP contribution in [0.15, 0.2) is 53.3 Å². The van der Waals surface area contributed by atoms with Crippen LogP contribution >= 0.6 is 0 Å². The highest BCUT2D eigenvalue weighted by Gasteiger charge is 2.17. The van der Waals surface area contributed by atoms with Crippen molar-refractivity contribution in [1.29, 1.82) is 0 Å². The molecule has 6 nitrogen and oxygen atoms in total. The van der Waals surface area contributed by atoms with Crippen LogP contribution in [0.5, 0.6) is 5.75 Å². The van der Waals surface area contributed by atoms with Gasteiger partial charge in [-0.1, -0.05) is 19.1 Å². The lowest BCUT2D eigenvalue weighted by Crippen LogP contribution is -2.27. The molecule has 0 saturated heterocycles. The quantitative estimate of drug-likeness (QED) is 0.684. The molecule has 3 aromatic rings. The Bertz CT molecular complexity index is 1110. The molecule has 1 aromatic heterocycles. The number of hydrogen-bond acceptors (Lipinski definition) is 4. The van der Waals surface area contributed by atoms with E-state index in [4.69, 9.17) is 4.74 Å². The summed E-state index contributed by atoms with van der Waals surface area (Å²) < 4.78 is 21.0. The number of aromatic nitrogens is 2. The molecule has 150 valence electrons. The minimum Gasteiger partial charge on any atom is -0.494 e. The number of carbonyl (C=O) groups is 1. The van der Waals surface area contributed by atoms with Gasteiger partial charge in [-0.25, -0.2) is 9.07 Å². The third-order valence-electron chi connectivity index (χ3n) is 4.32. The lowest BCUT2D eigenvalue weighted by Gasteiger charge is -2.13. The molecular weight excluding hydrogens is 373 g/mol. The van der Waals surface area contributed by atoms with E-state index >= 15 is 0 Å². The smallest absolute Gasteiger partial charge is 0.280 e. The number of nitrogens with one attached hydrogen (secondary N) is 1. The molecule has 0 saturated carbocycles. The first-order valence-electron chi connectivity index (χ1n) is 9.31. The van der Waals surface area contributed by atoms with Crippen molar-refractivity contribution in [3.63, 3.8) is 0 Å². The Morgan fingerprint density at radius 1 is 1.17 bits per heavy atom. The van der Waals surface area contributed by atoms with Gasteiger partial charge in [-0.05, 0) is 56.2 Å². The number of ether oxygens (including phenoxy) is 1. The Balaban J connectivity index is 1.91. The van der Waals surface area contributed by atoms with Crippen molar-refractivity contribution in [1.82, 2.24) is 9.78 Å². The molecule has 1 amide bonds. The van der Waals surface area contributed by atoms with Gasteiger partial charge in [-0.15, -0.1) is 0 Å². The number of aryl methyl sites for hydroxylation is 2. The van der Waals surface area contributed by atoms with Crippen LogP contribution in [-0.2, 0) is 0 Å². The van der Waals surface area contributed by atoms with Crippen molar-refractivity contribution in [2.24, 2.45) is 0 Å². The van der Waals surface area contributed by atoms with Gasteiger partial charge in [0.25, 0.3) is 5.91 Å². The standard InChI is InChI=1S/C22H22FN3O3/c1-4-11-29-16-9-10-18(14(2)12-16)24-22(28)21-20(27)13-15(3)26(25-21)19-8-6-5-7-17(19)23/h5-10,12-13H,4,11H2,1-3H3,(H,24,28). The molecule has 29 heavy (non-hydrogen) atoms. The molecule has 2 aromatic carbocycles. The number of rotatable bonds is 6. The van der Waals surface area contributed by atoms with E-state index in [0.29, 0.717) is 23.7 Å². The number of benzene rings is 2. The van der Waals surface area contributed by atoms with Gasteiger partial charge < -0.3 is 10.1 Å². The van der Waals surface area contributed by atoms with E-state index in [0.717, 1.165) is 12.0 Å². The summed E-state index contributed by atoms with van der Waals surface area (Å²) in [6, 6.07) is 12.6. The lowest BCUT2D eigenvalue weighted by molar-refractivity contribution is 0.101. The first-order chi connectivity index (χ1) is 13.9. The summed E-state index contributed by atoms with van der Waals surface area (Å²) in [5.41, 5.74) is 1.06. The first-order valence-corrected chi connectivity index (χ1v) is 9.31. The number of para-hydroxylation sites is 1. The van der Waals surface area contributed by atoms with Crippen molar-refractivity contribution < 1.29 is 13.9 Å². The van der Waals surface area contributed by atoms with Crippen LogP contribution < -0.4 is 15.5 Å². The van der Waals surface area contributed by atoms with E-state index in [2.05, 4.69) is 10.4 Å². The largest absolute Gasteiger partial charge is 0.494 e. The number of carbonyl (C=O) groups excluding carboxylic acids is 1. The highest BCUT2D eigenvalue weighted by Crippen LogP contribution is 2.22. The van der Waals surface area contributed by atoms with Gasteiger partial charge in [-0.3, -0.25) is 9.59 Å². The summed E-state index contributed by atoms with van der Waals surface area (Å²) in [4.78, 5) is 25.1. The van der Waals surface area contributed by atoms with Crippen LogP contribution in [0.3, 0.4) is 0 Å². The second kappa shape index (κ2) is 8.68. The van der Waals surface area contributed by atoms with Gasteiger partial charge in [0.1, 0.15) is 17.3 Å². The molecule has 0 bridgehead atoms. The van der Waals surface area contributed by atoms with Crippen LogP contribution in [-0.4, -0.2) is 22.3 Å². The van der Waals surface area contributed by atoms with Gasteiger partial charge in [0.05, 0.1) is 6.61 Å². The summed E-state index contributed by atoms with van der Waals surface area (Å²) in [5.74, 6) is -0.459. The Kier molecular flexibility index (Phi) is 6.07. The Labute approximate surface area is 168 Å². The molecule has 0 atom stereocenters. The van der Waals surface area contributed by atoms with Crippen LogP contribution in [0.25, 0.3) is 5.69 Å². The Hall–Kier alpha value is -3.48. The predicted molar refractivity (Wildman–Crippen MR) is 109 cm³/mol. The van der Waals surface area contributed by atoms with Crippen molar-refractivity contribution >= 4 is 11.6 Å². The monoisotopic (exact) mass is 395 g/mol. The summed E-state index contributed by atoms with van der Waals surface area (Å²) in [6.45, 7) is 6.08. The zero-order chi connectivity index (χ0) is 21.0. The highest BCUT2D eigenvalue weighted by molar-refractivity contribution is 6.03. The van der Waals surface area contributed by atoms with E-state index in [-0.39, 0.29) is 11.4 Å². The summed E-state index contributed by atoms with van der Waals surface area (Å²) >= 11 is 0. The van der Waals surface area contributed by atoms with E-state index in [1.165, 1.54) is 22.9 Å². The second-order valence-electron chi connectivity index (χ2n) is 6.64. The van der Waals surface area contributed by atoms with Crippen LogP contribution in [0.2, 0.25) is 0 Å². The molecule has 1 N–H and O–H groups in total. The van der Waals surface area contributed by atoms with Crippen molar-refractivity contribution in [3.8, 4) is 11.4 Å². The van der Waals surface area contributed by atoms with E-state index in [1.54, 1.807) is 31.2 Å². The fourth-order valence-corrected chi connectivity index (χ4v) is 2.84. The third kappa shape index (κ3) is 4.51. The van der Waals surface area contributed by atoms with E-state index in [9.17, 15) is 14.0 Å². The SMILES string of the molecule is CCCOc1ccc(NC(=O)c2nn(-c3ccccc3F)c(C)cc2=O)c(C)c1. The zero-order valence-corrected chi connectivity index (χ0v) is 16.5. The topological polar surface area (TPSA) is 73.2 Å². The minimum absolute atomic E-state index is 0.160. The van der Waals surface area contributed by atoms with Crippen LogP contribution in [0, 0.1) is 19.7 Å². The highest BCUT2D eigenvalue weighted by atomic mass is 19.1. The maximum Gasteiger partial charge on any atom is 0.280 e. The lowest BCUT2D eigenvalue weighted by atomic mass is 10.2. The molecule has 0 aliphatic rings. The number of halogens is 1. The number of nitrogens with zero attached hydrogens (tertiary/aromatic N) is 2. The maximum absolute atomic E-state index is 14.2. The normalized spacial score (nSPS) is 10.6. The number of amides is 1. The van der Waals surface area contributed by atoms with E-state index < -0.39 is 17.2 Å². The van der Waals surface area contributed by atoms with Gasteiger partial charge in [-0.2, -0.15) is 5.10 Å². The molecular formula is C22H22FN3O3. The molecule has 0 aliphatic heterocycles. The van der Waals surface area contributed by atoms with E-state index in [1.807, 2.05) is 19.9 Å². The Morgan fingerprint density at radius 2 is 1.93 bits per heavy atom. The number of anilines is 1. The Morgan fingerprint density at radius 3 is 2.62 bits per heavy atom. The van der Waals surface area contributed by atoms with Crippen LogP contribution in [0.4, 0.5) is 10.1 Å². The van der Waals surface area contributed by atoms with Crippen molar-refractivity contribution in [3.05, 3.63) is 81.5 Å². The van der Waals surface area contributed by atoms with Crippen molar-refractivity contribution in [2.75, 3.05) is 11.9 Å². The fraction of sp³-hybridized carbons (Fsp3) is 0.227. The summed E-state index contributed by atoms with van der Waals surface area (Å²) in [5, 5.41) is 6.81. The molecule has 1 heterocycles. The third-order valence-corrected chi connectivity index (χ3v) is 4.32. The van der Waals surface area contributed by atoms with Gasteiger partial charge in [0.2, 0.25) is 5.43 Å². The molecule has 0 aliphatic carbocycles. The summed E-state index contributed by atoms with van der Waals surface area (Å²) in [6.07, 6.45) is 0.894. The van der Waals surface area contributed by atoms with Crippen molar-refractivity contribution in [2.45, 2.75) is 27.2 Å². The zero-order valence-electron chi connectivity index (χ0n) is 16.5. The molecule has 7 heteroatoms. The second-order valence-corrected chi connectivity index (χ2v) is 6.64. The number of hydrogen-bond donors (Lipinski definition) is 1. The summed E-state index contributed by atoms with van der Waals surface area (Å²) in [7, 11) is 0. The maximum atomic E-state index is 14.2. The average molecular weight is 395 g/mol.